The molecule has 7 nitrogen and oxygen atoms in total. The quantitative estimate of drug-likeness (QED) is 0.373. The minimum Gasteiger partial charge on any atom is -0.496 e. The van der Waals surface area contributed by atoms with E-state index in [-0.39, 0.29) is 5.78 Å². The molecule has 164 valence electrons. The maximum Gasteiger partial charge on any atom is 0.291 e. The van der Waals surface area contributed by atoms with E-state index in [0.29, 0.717) is 30.0 Å². The molecule has 1 aliphatic heterocycles. The minimum absolute atomic E-state index is 0.351. The van der Waals surface area contributed by atoms with Crippen molar-refractivity contribution in [3.63, 3.8) is 0 Å². The van der Waals surface area contributed by atoms with Gasteiger partial charge in [-0.1, -0.05) is 6.07 Å². The normalized spacial score (nSPS) is 18.7. The highest BCUT2D eigenvalue weighted by Crippen LogP contribution is 2.38. The third-order valence-electron chi connectivity index (χ3n) is 6.10. The number of quaternary nitrogens is 1. The van der Waals surface area contributed by atoms with Crippen LogP contribution >= 0.6 is 0 Å². The number of amides is 1. The zero-order valence-corrected chi connectivity index (χ0v) is 18.6. The Kier molecular flexibility index (Phi) is 7.17. The number of nitrogens with zero attached hydrogens (tertiary/aromatic N) is 2. The first-order chi connectivity index (χ1) is 14.9. The number of Topliss-reactive ketones (excluding diaryl/α,β-unsaturated/α-hetero) is 2. The van der Waals surface area contributed by atoms with Gasteiger partial charge in [-0.15, -0.1) is 0 Å². The van der Waals surface area contributed by atoms with Crippen molar-refractivity contribution in [2.45, 2.75) is 26.8 Å². The number of aromatic nitrogens is 1. The number of hydrogen-bond donors (Lipinski definition) is 1. The maximum absolute atomic E-state index is 13.5. The van der Waals surface area contributed by atoms with Gasteiger partial charge in [0, 0.05) is 18.0 Å². The van der Waals surface area contributed by atoms with Crippen LogP contribution in [0.3, 0.4) is 0 Å². The lowest BCUT2D eigenvalue weighted by atomic mass is 9.86. The number of likely N-dealkylation sites (N-methyl/N-ethyl adjacent to an activating group) is 1. The molecule has 1 amide bonds. The number of benzene rings is 1. The standard InChI is InChI=1S/C24H29N3O4/c1-5-26(6-2)12-13-27-21(18-8-7-11-25-15-18)20(23(29)24(27)30)22(28)17-9-10-19(31-4)16(3)14-17/h7-11,14-15,20-21H,5-6,12-13H2,1-4H3/p+1. The second kappa shape index (κ2) is 9.83. The van der Waals surface area contributed by atoms with Crippen LogP contribution in [-0.2, 0) is 9.59 Å². The number of nitrogens with one attached hydrogen (secondary N) is 1. The molecule has 1 aromatic heterocycles. The van der Waals surface area contributed by atoms with Crippen LogP contribution in [0.4, 0.5) is 0 Å². The van der Waals surface area contributed by atoms with E-state index < -0.39 is 23.7 Å². The second-order valence-corrected chi connectivity index (χ2v) is 7.83. The van der Waals surface area contributed by atoms with Gasteiger partial charge >= 0.3 is 0 Å². The third kappa shape index (κ3) is 4.51. The highest BCUT2D eigenvalue weighted by molar-refractivity contribution is 6.44. The van der Waals surface area contributed by atoms with Gasteiger partial charge in [-0.05, 0) is 56.2 Å². The summed E-state index contributed by atoms with van der Waals surface area (Å²) in [5.41, 5.74) is 1.89. The highest BCUT2D eigenvalue weighted by Gasteiger charge is 2.51. The molecule has 0 saturated carbocycles. The summed E-state index contributed by atoms with van der Waals surface area (Å²) in [5, 5.41) is 0. The van der Waals surface area contributed by atoms with Crippen molar-refractivity contribution < 1.29 is 24.0 Å². The number of carbonyl (C=O) groups excluding carboxylic acids is 3. The molecule has 2 unspecified atom stereocenters. The Morgan fingerprint density at radius 1 is 1.19 bits per heavy atom. The van der Waals surface area contributed by atoms with Gasteiger partial charge in [-0.3, -0.25) is 19.4 Å². The molecule has 1 aliphatic rings. The van der Waals surface area contributed by atoms with E-state index in [1.807, 2.05) is 13.0 Å². The summed E-state index contributed by atoms with van der Waals surface area (Å²) in [5.74, 6) is -2.02. The van der Waals surface area contributed by atoms with Gasteiger partial charge in [0.2, 0.25) is 5.78 Å². The van der Waals surface area contributed by atoms with Crippen LogP contribution in [0.15, 0.2) is 42.7 Å². The summed E-state index contributed by atoms with van der Waals surface area (Å²) in [4.78, 5) is 46.5. The van der Waals surface area contributed by atoms with Gasteiger partial charge in [0.05, 0.1) is 39.3 Å². The Labute approximate surface area is 183 Å². The number of pyridine rings is 1. The number of carbonyl (C=O) groups is 3. The summed E-state index contributed by atoms with van der Waals surface area (Å²) < 4.78 is 5.28. The van der Waals surface area contributed by atoms with Crippen LogP contribution in [0, 0.1) is 12.8 Å². The van der Waals surface area contributed by atoms with Crippen molar-refractivity contribution >= 4 is 17.5 Å². The van der Waals surface area contributed by atoms with Crippen LogP contribution in [0.25, 0.3) is 0 Å². The minimum atomic E-state index is -1.09. The SMILES string of the molecule is CC[NH+](CC)CCN1C(=O)C(=O)C(C(=O)c2ccc(OC)c(C)c2)C1c1cccnc1. The Morgan fingerprint density at radius 3 is 2.52 bits per heavy atom. The molecular formula is C24H30N3O4+. The van der Waals surface area contributed by atoms with Crippen molar-refractivity contribution in [1.82, 2.24) is 9.88 Å². The van der Waals surface area contributed by atoms with E-state index in [1.165, 1.54) is 4.90 Å². The fraction of sp³-hybridized carbons (Fsp3) is 0.417. The average molecular weight is 425 g/mol. The first-order valence-electron chi connectivity index (χ1n) is 10.7. The van der Waals surface area contributed by atoms with E-state index in [2.05, 4.69) is 18.8 Å². The molecule has 1 aromatic carbocycles. The van der Waals surface area contributed by atoms with Crippen LogP contribution in [-0.4, -0.2) is 60.6 Å². The van der Waals surface area contributed by atoms with Crippen molar-refractivity contribution in [3.8, 4) is 5.75 Å². The van der Waals surface area contributed by atoms with Gasteiger partial charge in [0.15, 0.2) is 5.78 Å². The molecule has 1 N–H and O–H groups in total. The molecule has 0 spiro atoms. The largest absolute Gasteiger partial charge is 0.496 e. The Bertz CT molecular complexity index is 957. The van der Waals surface area contributed by atoms with Gasteiger partial charge in [-0.25, -0.2) is 0 Å². The van der Waals surface area contributed by atoms with Crippen molar-refractivity contribution in [2.75, 3.05) is 33.3 Å². The highest BCUT2D eigenvalue weighted by atomic mass is 16.5. The zero-order valence-electron chi connectivity index (χ0n) is 18.6. The molecule has 2 heterocycles. The fourth-order valence-electron chi connectivity index (χ4n) is 4.24. The number of methoxy groups -OCH3 is 1. The summed E-state index contributed by atoms with van der Waals surface area (Å²) in [7, 11) is 1.57. The predicted octanol–water partition coefficient (Wildman–Crippen LogP) is 1.27. The molecule has 0 aliphatic carbocycles. The van der Waals surface area contributed by atoms with Crippen LogP contribution in [0.1, 0.15) is 41.4 Å². The average Bonchev–Trinajstić information content (AvgIpc) is 3.04. The van der Waals surface area contributed by atoms with Gasteiger partial charge in [0.1, 0.15) is 11.7 Å². The Balaban J connectivity index is 1.99. The zero-order chi connectivity index (χ0) is 22.5. The lowest BCUT2D eigenvalue weighted by molar-refractivity contribution is -0.895. The number of aryl methyl sites for hydroxylation is 1. The second-order valence-electron chi connectivity index (χ2n) is 7.83. The molecule has 1 saturated heterocycles. The van der Waals surface area contributed by atoms with Crippen molar-refractivity contribution in [2.24, 2.45) is 5.92 Å². The molecule has 0 radical (unpaired) electrons. The molecule has 31 heavy (non-hydrogen) atoms. The van der Waals surface area contributed by atoms with E-state index in [9.17, 15) is 14.4 Å². The summed E-state index contributed by atoms with van der Waals surface area (Å²) >= 11 is 0. The molecule has 3 rings (SSSR count). The van der Waals surface area contributed by atoms with Gasteiger partial charge < -0.3 is 14.5 Å². The van der Waals surface area contributed by atoms with Gasteiger partial charge in [0.25, 0.3) is 5.91 Å². The molecule has 1 fully saturated rings. The van der Waals surface area contributed by atoms with Crippen molar-refractivity contribution in [3.05, 3.63) is 59.4 Å². The lowest BCUT2D eigenvalue weighted by Gasteiger charge is -2.28. The first kappa shape index (κ1) is 22.6. The number of ketones is 2. The summed E-state index contributed by atoms with van der Waals surface area (Å²) in [6.45, 7) is 9.00. The maximum atomic E-state index is 13.5. The number of likely N-dealkylation sites (tertiary alicyclic amines) is 1. The number of rotatable bonds is 9. The van der Waals surface area contributed by atoms with E-state index in [0.717, 1.165) is 18.7 Å². The van der Waals surface area contributed by atoms with Crippen LogP contribution < -0.4 is 9.64 Å². The Morgan fingerprint density at radius 2 is 1.94 bits per heavy atom. The molecule has 2 aromatic rings. The lowest BCUT2D eigenvalue weighted by Crippen LogP contribution is -3.12. The molecule has 7 heteroatoms. The molecule has 0 bridgehead atoms. The van der Waals surface area contributed by atoms with Gasteiger partial charge in [-0.2, -0.15) is 0 Å². The topological polar surface area (TPSA) is 81.0 Å². The molecule has 2 atom stereocenters. The van der Waals surface area contributed by atoms with E-state index in [1.54, 1.807) is 48.7 Å². The monoisotopic (exact) mass is 424 g/mol. The molecular weight excluding hydrogens is 394 g/mol. The van der Waals surface area contributed by atoms with E-state index >= 15 is 0 Å². The number of hydrogen-bond acceptors (Lipinski definition) is 5. The Hall–Kier alpha value is -3.06. The van der Waals surface area contributed by atoms with Crippen molar-refractivity contribution in [1.29, 1.82) is 0 Å². The summed E-state index contributed by atoms with van der Waals surface area (Å²) in [6, 6.07) is 8.00. The van der Waals surface area contributed by atoms with Crippen LogP contribution in [0.2, 0.25) is 0 Å². The number of ether oxygens (including phenoxy) is 1. The smallest absolute Gasteiger partial charge is 0.291 e. The van der Waals surface area contributed by atoms with E-state index in [4.69, 9.17) is 4.74 Å². The summed E-state index contributed by atoms with van der Waals surface area (Å²) in [6.07, 6.45) is 3.27. The van der Waals surface area contributed by atoms with Crippen LogP contribution in [0.5, 0.6) is 5.75 Å². The third-order valence-corrected chi connectivity index (χ3v) is 6.10. The predicted molar refractivity (Wildman–Crippen MR) is 116 cm³/mol. The fourth-order valence-corrected chi connectivity index (χ4v) is 4.24. The first-order valence-corrected chi connectivity index (χ1v) is 10.7.